The van der Waals surface area contributed by atoms with Gasteiger partial charge < -0.3 is 11.5 Å². The molecule has 1 heterocycles. The maximum Gasteiger partial charge on any atom is 0.118 e. The van der Waals surface area contributed by atoms with E-state index in [1.54, 1.807) is 6.21 Å². The van der Waals surface area contributed by atoms with Crippen LogP contribution in [0, 0.1) is 0 Å². The zero-order chi connectivity index (χ0) is 6.91. The molecule has 1 aliphatic heterocycles. The summed E-state index contributed by atoms with van der Waals surface area (Å²) < 4.78 is 0. The lowest BCUT2D eigenvalue weighted by Gasteiger charge is -2.19. The molecule has 0 spiro atoms. The van der Waals surface area contributed by atoms with Crippen molar-refractivity contribution in [2.45, 2.75) is 18.9 Å². The third-order valence-corrected chi connectivity index (χ3v) is 1.26. The first-order valence-corrected chi connectivity index (χ1v) is 2.90. The Labute approximate surface area is 60.6 Å². The van der Waals surface area contributed by atoms with E-state index in [0.29, 0.717) is 5.82 Å². The Morgan fingerprint density at radius 1 is 1.70 bits per heavy atom. The Hall–Kier alpha value is -0.870. The van der Waals surface area contributed by atoms with Crippen LogP contribution in [0.2, 0.25) is 0 Å². The van der Waals surface area contributed by atoms with E-state index in [1.807, 2.05) is 13.0 Å². The lowest BCUT2D eigenvalue weighted by molar-refractivity contribution is 0.636. The second-order valence-electron chi connectivity index (χ2n) is 2.60. The summed E-state index contributed by atoms with van der Waals surface area (Å²) in [5.74, 6) is 0.568. The third-order valence-electron chi connectivity index (χ3n) is 1.26. The Bertz CT molecular complexity index is 169. The highest BCUT2D eigenvalue weighted by Gasteiger charge is 2.16. The van der Waals surface area contributed by atoms with E-state index in [2.05, 4.69) is 4.99 Å². The molecule has 1 rings (SSSR count). The van der Waals surface area contributed by atoms with Gasteiger partial charge in [-0.2, -0.15) is 0 Å². The van der Waals surface area contributed by atoms with E-state index >= 15 is 0 Å². The average Bonchev–Trinajstić information content (AvgIpc) is 1.78. The predicted molar refractivity (Wildman–Crippen MR) is 40.1 cm³/mol. The summed E-state index contributed by atoms with van der Waals surface area (Å²) in [6.45, 7) is 1.92. The van der Waals surface area contributed by atoms with Crippen LogP contribution in [-0.2, 0) is 0 Å². The van der Waals surface area contributed by atoms with Crippen LogP contribution in [0.25, 0.3) is 0 Å². The first-order chi connectivity index (χ1) is 4.10. The smallest absolute Gasteiger partial charge is 0.118 e. The average molecular weight is 139 g/mol. The highest BCUT2D eigenvalue weighted by molar-refractivity contribution is 5.71. The number of nitrogens with two attached hydrogens (primary N) is 2. The highest BCUT2D eigenvalue weighted by atomic mass is 14.9. The lowest BCUT2D eigenvalue weighted by atomic mass is 9.99. The van der Waals surface area contributed by atoms with E-state index < -0.39 is 0 Å². The van der Waals surface area contributed by atoms with E-state index in [9.17, 15) is 0 Å². The van der Waals surface area contributed by atoms with Crippen LogP contribution in [0.1, 0.15) is 13.3 Å². The van der Waals surface area contributed by atoms with Crippen LogP contribution >= 0.6 is 0 Å². The summed E-state index contributed by atoms with van der Waals surface area (Å²) in [5, 5.41) is 0. The quantitative estimate of drug-likeness (QED) is 0.473. The van der Waals surface area contributed by atoms with Gasteiger partial charge in [-0.05, 0) is 19.4 Å². The molecule has 0 fully saturated rings. The zero-order valence-corrected chi connectivity index (χ0v) is 5.91. The molecule has 0 aliphatic carbocycles. The Balaban J connectivity index is 0.000000810. The van der Waals surface area contributed by atoms with Crippen molar-refractivity contribution in [2.24, 2.45) is 16.5 Å². The fraction of sp³-hybridized carbons (Fsp3) is 0.500. The molecule has 1 unspecified atom stereocenters. The molecule has 0 saturated heterocycles. The molecule has 0 aromatic carbocycles. The molecule has 0 saturated carbocycles. The summed E-state index contributed by atoms with van der Waals surface area (Å²) >= 11 is 0. The molecule has 0 bridgehead atoms. The first kappa shape index (κ1) is 9.13. The second kappa shape index (κ2) is 2.81. The Morgan fingerprint density at radius 3 is 2.60 bits per heavy atom. The summed E-state index contributed by atoms with van der Waals surface area (Å²) in [5.41, 5.74) is 10.8. The Kier molecular flexibility index (Phi) is 2.56. The molecular formula is C6H11N4. The monoisotopic (exact) mass is 139 g/mol. The third kappa shape index (κ3) is 2.16. The first-order valence-electron chi connectivity index (χ1n) is 2.90. The topological polar surface area (TPSA) is 94.9 Å². The van der Waals surface area contributed by atoms with Crippen molar-refractivity contribution in [3.63, 3.8) is 0 Å². The normalized spacial score (nSPS) is 30.8. The van der Waals surface area contributed by atoms with Gasteiger partial charge >= 0.3 is 0 Å². The number of rotatable bonds is 0. The fourth-order valence-corrected chi connectivity index (χ4v) is 0.652. The van der Waals surface area contributed by atoms with Crippen LogP contribution in [0.3, 0.4) is 0 Å². The number of hydrogen-bond acceptors (Lipinski definition) is 3. The summed E-state index contributed by atoms with van der Waals surface area (Å²) in [6.07, 6.45) is 4.30. The summed E-state index contributed by atoms with van der Waals surface area (Å²) in [4.78, 5) is 3.87. The molecular weight excluding hydrogens is 128 g/mol. The van der Waals surface area contributed by atoms with Crippen molar-refractivity contribution in [3.8, 4) is 0 Å². The molecule has 0 aromatic heterocycles. The van der Waals surface area contributed by atoms with Crippen LogP contribution < -0.4 is 17.6 Å². The molecule has 4 N–H and O–H groups in total. The molecule has 0 aromatic rings. The molecule has 4 heteroatoms. The van der Waals surface area contributed by atoms with E-state index in [4.69, 9.17) is 11.5 Å². The summed E-state index contributed by atoms with van der Waals surface area (Å²) in [7, 11) is 0. The van der Waals surface area contributed by atoms with Gasteiger partial charge in [0.15, 0.2) is 0 Å². The maximum atomic E-state index is 5.69. The van der Waals surface area contributed by atoms with Gasteiger partial charge in [-0.15, -0.1) is 0 Å². The van der Waals surface area contributed by atoms with E-state index in [0.717, 1.165) is 6.42 Å². The van der Waals surface area contributed by atoms with Crippen LogP contribution in [0.5, 0.6) is 0 Å². The molecule has 55 valence electrons. The standard InChI is InChI=1S/C6H11N3.N/c1-6(8)3-2-5(7)9-4-6;/h2,4H,3,7-8H2,1H3;. The van der Waals surface area contributed by atoms with Gasteiger partial charge in [-0.25, -0.2) is 4.99 Å². The number of hydrogen-bond donors (Lipinski definition) is 2. The van der Waals surface area contributed by atoms with Gasteiger partial charge in [0.25, 0.3) is 0 Å². The lowest BCUT2D eigenvalue weighted by Crippen LogP contribution is -2.39. The van der Waals surface area contributed by atoms with Gasteiger partial charge in [0.05, 0.1) is 5.54 Å². The van der Waals surface area contributed by atoms with Crippen molar-refractivity contribution < 1.29 is 0 Å². The minimum absolute atomic E-state index is 0. The van der Waals surface area contributed by atoms with Crippen molar-refractivity contribution in [1.82, 2.24) is 6.15 Å². The Morgan fingerprint density at radius 2 is 2.30 bits per heavy atom. The highest BCUT2D eigenvalue weighted by Crippen LogP contribution is 2.09. The van der Waals surface area contributed by atoms with Gasteiger partial charge in [0, 0.05) is 12.4 Å². The molecule has 3 radical (unpaired) electrons. The molecule has 1 aliphatic rings. The van der Waals surface area contributed by atoms with Gasteiger partial charge in [0.2, 0.25) is 0 Å². The van der Waals surface area contributed by atoms with Crippen LogP contribution in [0.4, 0.5) is 0 Å². The molecule has 0 amide bonds. The van der Waals surface area contributed by atoms with Gasteiger partial charge in [-0.3, -0.25) is 0 Å². The minimum Gasteiger partial charge on any atom is -0.384 e. The van der Waals surface area contributed by atoms with Crippen LogP contribution in [-0.4, -0.2) is 11.8 Å². The van der Waals surface area contributed by atoms with E-state index in [-0.39, 0.29) is 11.7 Å². The van der Waals surface area contributed by atoms with Crippen LogP contribution in [0.15, 0.2) is 16.9 Å². The van der Waals surface area contributed by atoms with Crippen molar-refractivity contribution in [3.05, 3.63) is 11.9 Å². The fourth-order valence-electron chi connectivity index (χ4n) is 0.652. The largest absolute Gasteiger partial charge is 0.384 e. The zero-order valence-electron chi connectivity index (χ0n) is 5.91. The molecule has 4 nitrogen and oxygen atoms in total. The van der Waals surface area contributed by atoms with E-state index in [1.165, 1.54) is 0 Å². The van der Waals surface area contributed by atoms with Crippen molar-refractivity contribution in [2.75, 3.05) is 0 Å². The SMILES string of the molecule is CC1(N)C=NC(N)=CC1.[N]. The van der Waals surface area contributed by atoms with Gasteiger partial charge in [-0.1, -0.05) is 0 Å². The molecule has 10 heavy (non-hydrogen) atoms. The second-order valence-corrected chi connectivity index (χ2v) is 2.60. The predicted octanol–water partition coefficient (Wildman–Crippen LogP) is -0.502. The summed E-state index contributed by atoms with van der Waals surface area (Å²) in [6, 6.07) is 0. The van der Waals surface area contributed by atoms with Crippen molar-refractivity contribution >= 4 is 6.21 Å². The maximum absolute atomic E-state index is 5.69. The number of aliphatic imine (C=N–C) groups is 1. The number of nitrogens with zero attached hydrogens (tertiary/aromatic N) is 2. The van der Waals surface area contributed by atoms with Crippen molar-refractivity contribution in [1.29, 1.82) is 0 Å². The minimum atomic E-state index is -0.289. The molecule has 1 atom stereocenters. The van der Waals surface area contributed by atoms with Gasteiger partial charge in [0.1, 0.15) is 5.82 Å².